The van der Waals surface area contributed by atoms with Crippen LogP contribution in [0.2, 0.25) is 0 Å². The molecule has 4 aromatic rings. The zero-order valence-corrected chi connectivity index (χ0v) is 35.6. The number of benzene rings is 4. The Morgan fingerprint density at radius 3 is 1.80 bits per heavy atom. The molecule has 0 saturated carbocycles. The van der Waals surface area contributed by atoms with Gasteiger partial charge < -0.3 is 18.9 Å². The van der Waals surface area contributed by atoms with E-state index >= 15 is 0 Å². The number of nitrogens with zero attached hydrogens (tertiary/aromatic N) is 1. The number of quaternary nitrogens is 1. The predicted octanol–water partition coefficient (Wildman–Crippen LogP) is 11.5. The van der Waals surface area contributed by atoms with Crippen molar-refractivity contribution in [3.05, 3.63) is 60.2 Å². The summed E-state index contributed by atoms with van der Waals surface area (Å²) in [6.07, 6.45) is 18.5. The number of phosphoric ester groups is 1. The second kappa shape index (κ2) is 24.0. The van der Waals surface area contributed by atoms with E-state index in [2.05, 4.69) is 61.5 Å². The van der Waals surface area contributed by atoms with Gasteiger partial charge in [-0.05, 0) is 63.6 Å². The molecule has 0 aliphatic carbocycles. The Morgan fingerprint density at radius 1 is 0.643 bits per heavy atom. The van der Waals surface area contributed by atoms with Crippen molar-refractivity contribution in [2.45, 2.75) is 135 Å². The van der Waals surface area contributed by atoms with Gasteiger partial charge in [0, 0.05) is 12.8 Å². The predicted molar refractivity (Wildman–Crippen MR) is 228 cm³/mol. The molecular formula is C46H69NO8P+. The summed E-state index contributed by atoms with van der Waals surface area (Å²) in [5.41, 5.74) is 1.30. The van der Waals surface area contributed by atoms with Crippen LogP contribution in [0.1, 0.15) is 128 Å². The van der Waals surface area contributed by atoms with Crippen LogP contribution >= 0.6 is 7.82 Å². The molecule has 2 atom stereocenters. The standard InChI is InChI=1S/C46H68NO8P/c1-5-6-7-8-9-10-11-12-13-14-15-16-19-25-43(48)52-35-41(36-54-56(50,51)53-34-33-47(2,3)4)55-44(49)26-20-17-18-22-37-27-28-40-30-29-38-23-21-24-39-31-32-42(37)46(40)45(38)39/h21,23-24,27-32,41H,5-20,22,25-26,33-36H2,1-4H3/p+1. The lowest BCUT2D eigenvalue weighted by atomic mass is 9.90. The monoisotopic (exact) mass is 794 g/mol. The SMILES string of the molecule is CCCCCCCCCCCCCCCC(=O)OCC(COP(=O)(O)OCC[N+](C)(C)C)OC(=O)CCCCCc1ccc2ccc3cccc4ccc1c2c34. The Kier molecular flexibility index (Phi) is 19.5. The van der Waals surface area contributed by atoms with E-state index < -0.39 is 26.5 Å². The van der Waals surface area contributed by atoms with Crippen molar-refractivity contribution in [1.82, 2.24) is 0 Å². The highest BCUT2D eigenvalue weighted by Gasteiger charge is 2.27. The first-order valence-corrected chi connectivity index (χ1v) is 22.9. The number of carbonyl (C=O) groups excluding carboxylic acids is 2. The van der Waals surface area contributed by atoms with E-state index in [9.17, 15) is 19.0 Å². The van der Waals surface area contributed by atoms with Crippen molar-refractivity contribution in [2.75, 3.05) is 47.5 Å². The Bertz CT molecular complexity index is 1790. The van der Waals surface area contributed by atoms with Gasteiger partial charge in [0.1, 0.15) is 19.8 Å². The Morgan fingerprint density at radius 2 is 1.18 bits per heavy atom. The van der Waals surface area contributed by atoms with Crippen LogP contribution in [0.15, 0.2) is 54.6 Å². The number of likely N-dealkylation sites (N-methyl/N-ethyl adjacent to an activating group) is 1. The summed E-state index contributed by atoms with van der Waals surface area (Å²) < 4.78 is 34.6. The van der Waals surface area contributed by atoms with Crippen molar-refractivity contribution in [3.8, 4) is 0 Å². The van der Waals surface area contributed by atoms with Gasteiger partial charge in [-0.2, -0.15) is 0 Å². The first-order valence-electron chi connectivity index (χ1n) is 21.4. The summed E-state index contributed by atoms with van der Waals surface area (Å²) in [5.74, 6) is -0.847. The topological polar surface area (TPSA) is 108 Å². The highest BCUT2D eigenvalue weighted by molar-refractivity contribution is 7.47. The van der Waals surface area contributed by atoms with Crippen molar-refractivity contribution in [2.24, 2.45) is 0 Å². The van der Waals surface area contributed by atoms with Gasteiger partial charge in [-0.15, -0.1) is 0 Å². The Balaban J connectivity index is 1.17. The van der Waals surface area contributed by atoms with E-state index in [1.54, 1.807) is 0 Å². The maximum Gasteiger partial charge on any atom is 0.472 e. The number of hydrogen-bond donors (Lipinski definition) is 1. The number of ether oxygens (including phenoxy) is 2. The van der Waals surface area contributed by atoms with E-state index in [1.165, 1.54) is 102 Å². The lowest BCUT2D eigenvalue weighted by Gasteiger charge is -2.24. The molecule has 0 saturated heterocycles. The third-order valence-corrected chi connectivity index (χ3v) is 11.6. The van der Waals surface area contributed by atoms with Gasteiger partial charge in [-0.1, -0.05) is 145 Å². The van der Waals surface area contributed by atoms with E-state index in [0.29, 0.717) is 17.4 Å². The van der Waals surface area contributed by atoms with Gasteiger partial charge in [0.05, 0.1) is 27.7 Å². The van der Waals surface area contributed by atoms with Crippen molar-refractivity contribution < 1.29 is 42.1 Å². The van der Waals surface area contributed by atoms with Gasteiger partial charge in [0.25, 0.3) is 0 Å². The minimum Gasteiger partial charge on any atom is -0.462 e. The number of rotatable bonds is 30. The fraction of sp³-hybridized carbons (Fsp3) is 0.609. The van der Waals surface area contributed by atoms with E-state index in [1.807, 2.05) is 21.1 Å². The molecule has 0 fully saturated rings. The average Bonchev–Trinajstić information content (AvgIpc) is 3.16. The van der Waals surface area contributed by atoms with E-state index in [4.69, 9.17) is 18.5 Å². The lowest BCUT2D eigenvalue weighted by molar-refractivity contribution is -0.870. The molecule has 9 nitrogen and oxygen atoms in total. The molecule has 0 aromatic heterocycles. The summed E-state index contributed by atoms with van der Waals surface area (Å²) in [7, 11) is 1.43. The zero-order valence-electron chi connectivity index (χ0n) is 34.7. The fourth-order valence-electron chi connectivity index (χ4n) is 7.33. The summed E-state index contributed by atoms with van der Waals surface area (Å²) in [5, 5.41) is 7.64. The number of esters is 2. The molecule has 0 bridgehead atoms. The second-order valence-electron chi connectivity index (χ2n) is 16.5. The first-order chi connectivity index (χ1) is 27.0. The van der Waals surface area contributed by atoms with Crippen LogP contribution in [0.25, 0.3) is 32.3 Å². The minimum atomic E-state index is -4.41. The van der Waals surface area contributed by atoms with Crippen LogP contribution in [0.4, 0.5) is 0 Å². The van der Waals surface area contributed by atoms with Crippen LogP contribution in [-0.2, 0) is 39.1 Å². The van der Waals surface area contributed by atoms with Crippen molar-refractivity contribution >= 4 is 52.1 Å². The van der Waals surface area contributed by atoms with Crippen LogP contribution < -0.4 is 0 Å². The van der Waals surface area contributed by atoms with Gasteiger partial charge in [-0.25, -0.2) is 4.57 Å². The molecule has 0 radical (unpaired) electrons. The molecule has 1 N–H and O–H groups in total. The molecule has 10 heteroatoms. The maximum atomic E-state index is 12.9. The van der Waals surface area contributed by atoms with Gasteiger partial charge in [0.2, 0.25) is 0 Å². The fourth-order valence-corrected chi connectivity index (χ4v) is 8.07. The zero-order chi connectivity index (χ0) is 40.2. The Hall–Kier alpha value is -3.07. The van der Waals surface area contributed by atoms with Crippen LogP contribution in [0.3, 0.4) is 0 Å². The third-order valence-electron chi connectivity index (χ3n) is 10.6. The van der Waals surface area contributed by atoms with Gasteiger partial charge in [0.15, 0.2) is 6.10 Å². The van der Waals surface area contributed by atoms with Crippen molar-refractivity contribution in [3.63, 3.8) is 0 Å². The third kappa shape index (κ3) is 16.4. The molecule has 2 unspecified atom stereocenters. The van der Waals surface area contributed by atoms with Gasteiger partial charge in [-0.3, -0.25) is 18.6 Å². The molecular weight excluding hydrogens is 725 g/mol. The molecule has 4 rings (SSSR count). The summed E-state index contributed by atoms with van der Waals surface area (Å²) in [6, 6.07) is 19.7. The summed E-state index contributed by atoms with van der Waals surface area (Å²) in [6.45, 7) is 2.09. The van der Waals surface area contributed by atoms with Gasteiger partial charge >= 0.3 is 19.8 Å². The summed E-state index contributed by atoms with van der Waals surface area (Å²) >= 11 is 0. The quantitative estimate of drug-likeness (QED) is 0.0183. The molecule has 0 aliphatic heterocycles. The highest BCUT2D eigenvalue weighted by Crippen LogP contribution is 2.43. The number of phosphoric acid groups is 1. The largest absolute Gasteiger partial charge is 0.472 e. The van der Waals surface area contributed by atoms with E-state index in [0.717, 1.165) is 38.5 Å². The van der Waals surface area contributed by atoms with Crippen molar-refractivity contribution in [1.29, 1.82) is 0 Å². The second-order valence-corrected chi connectivity index (χ2v) is 18.0. The Labute approximate surface area is 335 Å². The maximum absolute atomic E-state index is 12.9. The van der Waals surface area contributed by atoms with Crippen LogP contribution in [0, 0.1) is 0 Å². The average molecular weight is 795 g/mol. The molecule has 4 aromatic carbocycles. The number of unbranched alkanes of at least 4 members (excludes halogenated alkanes) is 14. The van der Waals surface area contributed by atoms with Crippen LogP contribution in [-0.4, -0.2) is 74.9 Å². The molecule has 310 valence electrons. The smallest absolute Gasteiger partial charge is 0.462 e. The minimum absolute atomic E-state index is 0.0183. The normalized spacial score (nSPS) is 13.7. The highest BCUT2D eigenvalue weighted by atomic mass is 31.2. The van der Waals surface area contributed by atoms with E-state index in [-0.39, 0.29) is 32.0 Å². The number of carbonyl (C=O) groups is 2. The molecule has 0 heterocycles. The molecule has 0 aliphatic rings. The molecule has 56 heavy (non-hydrogen) atoms. The molecule has 0 spiro atoms. The summed E-state index contributed by atoms with van der Waals surface area (Å²) in [4.78, 5) is 35.8. The van der Waals surface area contributed by atoms with Crippen LogP contribution in [0.5, 0.6) is 0 Å². The number of aryl methyl sites for hydroxylation is 1. The lowest BCUT2D eigenvalue weighted by Crippen LogP contribution is -2.37. The number of hydrogen-bond acceptors (Lipinski definition) is 7. The first kappa shape index (κ1) is 45.6. The molecule has 0 amide bonds.